The molecule has 0 heterocycles. The highest BCUT2D eigenvalue weighted by atomic mass is 32.1. The van der Waals surface area contributed by atoms with Gasteiger partial charge in [0.1, 0.15) is 13.2 Å². The van der Waals surface area contributed by atoms with Gasteiger partial charge in [0.2, 0.25) is 0 Å². The molecule has 0 aliphatic heterocycles. The minimum Gasteiger partial charge on any atom is -0.483 e. The van der Waals surface area contributed by atoms with Gasteiger partial charge in [0.25, 0.3) is 0 Å². The van der Waals surface area contributed by atoms with Gasteiger partial charge in [0.15, 0.2) is 5.05 Å². The van der Waals surface area contributed by atoms with Crippen molar-refractivity contribution in [3.8, 4) is 0 Å². The van der Waals surface area contributed by atoms with Crippen LogP contribution in [-0.4, -0.2) is 24.2 Å². The molecule has 0 bridgehead atoms. The van der Waals surface area contributed by atoms with Crippen molar-refractivity contribution in [2.45, 2.75) is 12.8 Å². The quantitative estimate of drug-likeness (QED) is 0.369. The number of thiocarbonyl (C=S) groups is 1. The Kier molecular flexibility index (Phi) is 7.74. The molecule has 14 heavy (non-hydrogen) atoms. The molecule has 0 N–H and O–H groups in total. The van der Waals surface area contributed by atoms with Gasteiger partial charge in [-0.05, 0) is 12.2 Å². The van der Waals surface area contributed by atoms with Crippen molar-refractivity contribution in [1.29, 1.82) is 0 Å². The van der Waals surface area contributed by atoms with Crippen LogP contribution in [0.15, 0.2) is 25.3 Å². The number of rotatable bonds is 7. The number of carbonyl (C=O) groups is 1. The van der Waals surface area contributed by atoms with Crippen LogP contribution in [-0.2, 0) is 14.3 Å². The second-order valence-electron chi connectivity index (χ2n) is 2.44. The summed E-state index contributed by atoms with van der Waals surface area (Å²) in [5.41, 5.74) is 0. The molecule has 0 aromatic carbocycles. The van der Waals surface area contributed by atoms with Gasteiger partial charge in [0, 0.05) is 6.42 Å². The van der Waals surface area contributed by atoms with Gasteiger partial charge in [-0.3, -0.25) is 4.79 Å². The summed E-state index contributed by atoms with van der Waals surface area (Å²) < 4.78 is 9.79. The zero-order valence-corrected chi connectivity index (χ0v) is 8.85. The molecule has 0 aromatic heterocycles. The maximum atomic E-state index is 11.0. The van der Waals surface area contributed by atoms with Crippen molar-refractivity contribution in [3.05, 3.63) is 25.3 Å². The molecular formula is C10H14O3S. The highest BCUT2D eigenvalue weighted by Crippen LogP contribution is 1.98. The zero-order valence-electron chi connectivity index (χ0n) is 8.03. The lowest BCUT2D eigenvalue weighted by molar-refractivity contribution is -0.142. The molecule has 3 nitrogen and oxygen atoms in total. The number of hydrogen-bond acceptors (Lipinski definition) is 4. The van der Waals surface area contributed by atoms with Crippen LogP contribution in [0.4, 0.5) is 0 Å². The Morgan fingerprint density at radius 1 is 1.14 bits per heavy atom. The molecule has 0 atom stereocenters. The Bertz CT molecular complexity index is 199. The average molecular weight is 214 g/mol. The van der Waals surface area contributed by atoms with E-state index < -0.39 is 0 Å². The van der Waals surface area contributed by atoms with Gasteiger partial charge in [-0.15, -0.1) is 0 Å². The van der Waals surface area contributed by atoms with Crippen LogP contribution in [0.1, 0.15) is 12.8 Å². The van der Waals surface area contributed by atoms with Crippen LogP contribution in [0, 0.1) is 0 Å². The highest BCUT2D eigenvalue weighted by Gasteiger charge is 2.04. The lowest BCUT2D eigenvalue weighted by atomic mass is 10.3. The summed E-state index contributed by atoms with van der Waals surface area (Å²) in [6.45, 7) is 7.52. The molecule has 0 saturated carbocycles. The predicted octanol–water partition coefficient (Wildman–Crippen LogP) is 2.03. The van der Waals surface area contributed by atoms with Crippen LogP contribution in [0.3, 0.4) is 0 Å². The molecule has 0 fully saturated rings. The van der Waals surface area contributed by atoms with E-state index in [0.717, 1.165) is 0 Å². The Balaban J connectivity index is 3.50. The fourth-order valence-electron chi connectivity index (χ4n) is 0.652. The third-order valence-corrected chi connectivity index (χ3v) is 1.58. The first-order valence-electron chi connectivity index (χ1n) is 4.23. The summed E-state index contributed by atoms with van der Waals surface area (Å²) in [5.74, 6) is -0.297. The Morgan fingerprint density at radius 3 is 2.29 bits per heavy atom. The average Bonchev–Trinajstić information content (AvgIpc) is 2.20. The van der Waals surface area contributed by atoms with Crippen molar-refractivity contribution in [2.24, 2.45) is 0 Å². The first kappa shape index (κ1) is 12.8. The normalized spacial score (nSPS) is 8.86. The molecular weight excluding hydrogens is 200 g/mol. The fraction of sp³-hybridized carbons (Fsp3) is 0.400. The molecule has 0 radical (unpaired) electrons. The lowest BCUT2D eigenvalue weighted by Gasteiger charge is -2.04. The van der Waals surface area contributed by atoms with Crippen molar-refractivity contribution in [2.75, 3.05) is 13.2 Å². The molecule has 0 unspecified atom stereocenters. The number of ether oxygens (including phenoxy) is 2. The molecule has 0 spiro atoms. The minimum absolute atomic E-state index is 0.235. The van der Waals surface area contributed by atoms with E-state index in [2.05, 4.69) is 13.2 Å². The van der Waals surface area contributed by atoms with Crippen molar-refractivity contribution < 1.29 is 14.3 Å². The monoisotopic (exact) mass is 214 g/mol. The SMILES string of the molecule is C=CCOC(=O)CCC(=S)OCC=C. The largest absolute Gasteiger partial charge is 0.483 e. The minimum atomic E-state index is -0.297. The summed E-state index contributed by atoms with van der Waals surface area (Å²) in [6, 6.07) is 0. The summed E-state index contributed by atoms with van der Waals surface area (Å²) in [5, 5.41) is 0.403. The number of hydrogen-bond donors (Lipinski definition) is 0. The van der Waals surface area contributed by atoms with Crippen LogP contribution < -0.4 is 0 Å². The molecule has 0 aromatic rings. The van der Waals surface area contributed by atoms with Crippen LogP contribution in [0.5, 0.6) is 0 Å². The van der Waals surface area contributed by atoms with Gasteiger partial charge < -0.3 is 9.47 Å². The second kappa shape index (κ2) is 8.44. The van der Waals surface area contributed by atoms with E-state index in [4.69, 9.17) is 21.7 Å². The maximum absolute atomic E-state index is 11.0. The van der Waals surface area contributed by atoms with E-state index in [0.29, 0.717) is 18.1 Å². The summed E-state index contributed by atoms with van der Waals surface area (Å²) >= 11 is 4.85. The molecule has 0 aliphatic carbocycles. The van der Waals surface area contributed by atoms with Gasteiger partial charge in [-0.2, -0.15) is 0 Å². The highest BCUT2D eigenvalue weighted by molar-refractivity contribution is 7.80. The molecule has 4 heteroatoms. The second-order valence-corrected chi connectivity index (χ2v) is 2.90. The number of esters is 1. The standard InChI is InChI=1S/C10H14O3S/c1-3-7-12-9(11)5-6-10(14)13-8-4-2/h3-4H,1-2,5-8H2. The van der Waals surface area contributed by atoms with Gasteiger partial charge in [0.05, 0.1) is 6.42 Å². The Labute approximate surface area is 89.4 Å². The van der Waals surface area contributed by atoms with Crippen LogP contribution in [0.2, 0.25) is 0 Å². The molecule has 0 aliphatic rings. The van der Waals surface area contributed by atoms with Gasteiger partial charge in [-0.1, -0.05) is 25.3 Å². The first-order chi connectivity index (χ1) is 6.70. The van der Waals surface area contributed by atoms with E-state index in [9.17, 15) is 4.79 Å². The zero-order chi connectivity index (χ0) is 10.8. The van der Waals surface area contributed by atoms with Crippen molar-refractivity contribution in [3.63, 3.8) is 0 Å². The fourth-order valence-corrected chi connectivity index (χ4v) is 0.822. The maximum Gasteiger partial charge on any atom is 0.306 e. The van der Waals surface area contributed by atoms with E-state index in [1.165, 1.54) is 6.08 Å². The van der Waals surface area contributed by atoms with Crippen molar-refractivity contribution in [1.82, 2.24) is 0 Å². The van der Waals surface area contributed by atoms with E-state index in [-0.39, 0.29) is 19.0 Å². The molecule has 0 amide bonds. The van der Waals surface area contributed by atoms with E-state index >= 15 is 0 Å². The van der Waals surface area contributed by atoms with Gasteiger partial charge >= 0.3 is 5.97 Å². The van der Waals surface area contributed by atoms with Gasteiger partial charge in [-0.25, -0.2) is 0 Å². The van der Waals surface area contributed by atoms with Crippen molar-refractivity contribution >= 4 is 23.2 Å². The molecule has 0 saturated heterocycles. The van der Waals surface area contributed by atoms with E-state index in [1.807, 2.05) is 0 Å². The Morgan fingerprint density at radius 2 is 1.71 bits per heavy atom. The summed E-state index contributed by atoms with van der Waals surface area (Å²) in [6.07, 6.45) is 3.76. The van der Waals surface area contributed by atoms with Crippen LogP contribution in [0.25, 0.3) is 0 Å². The Hall–Kier alpha value is -1.16. The van der Waals surface area contributed by atoms with E-state index in [1.54, 1.807) is 6.08 Å². The smallest absolute Gasteiger partial charge is 0.306 e. The number of carbonyl (C=O) groups excluding carboxylic acids is 1. The molecule has 0 rings (SSSR count). The summed E-state index contributed by atoms with van der Waals surface area (Å²) in [7, 11) is 0. The van der Waals surface area contributed by atoms with Crippen LogP contribution >= 0.6 is 12.2 Å². The summed E-state index contributed by atoms with van der Waals surface area (Å²) in [4.78, 5) is 11.0. The topological polar surface area (TPSA) is 35.5 Å². The predicted molar refractivity (Wildman–Crippen MR) is 59.1 cm³/mol. The third-order valence-electron chi connectivity index (χ3n) is 1.26. The lowest BCUT2D eigenvalue weighted by Crippen LogP contribution is -2.08. The first-order valence-corrected chi connectivity index (χ1v) is 4.64. The molecule has 78 valence electrons. The third kappa shape index (κ3) is 7.49.